The van der Waals surface area contributed by atoms with Crippen LogP contribution in [0.2, 0.25) is 5.02 Å². The Bertz CT molecular complexity index is 834. The number of carbonyl (C=O) groups is 1. The van der Waals surface area contributed by atoms with Gasteiger partial charge in [0.15, 0.2) is 0 Å². The van der Waals surface area contributed by atoms with Crippen LogP contribution < -0.4 is 15.6 Å². The van der Waals surface area contributed by atoms with E-state index in [1.165, 1.54) is 0 Å². The smallest absolute Gasteiger partial charge is 0.417 e. The van der Waals surface area contributed by atoms with Crippen LogP contribution in [0.4, 0.5) is 18.9 Å². The second-order valence-corrected chi connectivity index (χ2v) is 5.39. The molecular weight excluding hydrogens is 361 g/mol. The van der Waals surface area contributed by atoms with Crippen molar-refractivity contribution in [3.63, 3.8) is 0 Å². The molecule has 1 aromatic carbocycles. The quantitative estimate of drug-likeness (QED) is 0.870. The molecule has 25 heavy (non-hydrogen) atoms. The third-order valence-electron chi connectivity index (χ3n) is 3.14. The van der Waals surface area contributed by atoms with Crippen molar-refractivity contribution < 1.29 is 22.7 Å². The summed E-state index contributed by atoms with van der Waals surface area (Å²) in [5.74, 6) is -0.280. The summed E-state index contributed by atoms with van der Waals surface area (Å²) in [5.41, 5.74) is -1.65. The highest BCUT2D eigenvalue weighted by Gasteiger charge is 2.32. The number of amides is 1. The number of nitrogens with zero attached hydrogens (tertiary/aromatic N) is 1. The molecular formula is C16H14ClF3N2O3. The fourth-order valence-electron chi connectivity index (χ4n) is 2.07. The highest BCUT2D eigenvalue weighted by Crippen LogP contribution is 2.29. The predicted molar refractivity (Wildman–Crippen MR) is 87.0 cm³/mol. The molecule has 0 spiro atoms. The molecule has 1 N–H and O–H groups in total. The van der Waals surface area contributed by atoms with Gasteiger partial charge < -0.3 is 14.6 Å². The number of pyridine rings is 1. The van der Waals surface area contributed by atoms with E-state index in [0.29, 0.717) is 34.9 Å². The zero-order valence-corrected chi connectivity index (χ0v) is 13.8. The molecule has 0 aliphatic carbocycles. The van der Waals surface area contributed by atoms with Gasteiger partial charge in [0.1, 0.15) is 17.3 Å². The molecule has 2 rings (SSSR count). The lowest BCUT2D eigenvalue weighted by molar-refractivity contribution is -0.138. The molecule has 2 aromatic rings. The molecule has 5 nitrogen and oxygen atoms in total. The van der Waals surface area contributed by atoms with Crippen molar-refractivity contribution in [2.24, 2.45) is 0 Å². The van der Waals surface area contributed by atoms with Crippen molar-refractivity contribution in [3.05, 3.63) is 57.5 Å². The van der Waals surface area contributed by atoms with E-state index in [1.807, 2.05) is 0 Å². The van der Waals surface area contributed by atoms with Crippen LogP contribution in [0.25, 0.3) is 0 Å². The lowest BCUT2D eigenvalue weighted by Crippen LogP contribution is -2.29. The SMILES string of the molecule is CCOc1ccccc1NC(=O)Cn1cc(C(F)(F)F)cc(Cl)c1=O. The molecule has 0 aliphatic rings. The van der Waals surface area contributed by atoms with E-state index < -0.39 is 34.8 Å². The maximum atomic E-state index is 12.8. The Morgan fingerprint density at radius 1 is 1.32 bits per heavy atom. The second-order valence-electron chi connectivity index (χ2n) is 4.98. The fraction of sp³-hybridized carbons (Fsp3) is 0.250. The minimum atomic E-state index is -4.68. The summed E-state index contributed by atoms with van der Waals surface area (Å²) in [6.45, 7) is 1.52. The summed E-state index contributed by atoms with van der Waals surface area (Å²) in [6, 6.07) is 7.10. The second kappa shape index (κ2) is 7.60. The Labute approximate surface area is 146 Å². The first-order chi connectivity index (χ1) is 11.7. The van der Waals surface area contributed by atoms with E-state index in [2.05, 4.69) is 5.32 Å². The third-order valence-corrected chi connectivity index (χ3v) is 3.42. The van der Waals surface area contributed by atoms with E-state index in [-0.39, 0.29) is 0 Å². The van der Waals surface area contributed by atoms with Crippen LogP contribution in [0, 0.1) is 0 Å². The number of para-hydroxylation sites is 2. The monoisotopic (exact) mass is 374 g/mol. The summed E-state index contributed by atoms with van der Waals surface area (Å²) in [4.78, 5) is 24.0. The number of alkyl halides is 3. The van der Waals surface area contributed by atoms with E-state index in [4.69, 9.17) is 16.3 Å². The fourth-order valence-corrected chi connectivity index (χ4v) is 2.29. The van der Waals surface area contributed by atoms with Gasteiger partial charge in [-0.1, -0.05) is 23.7 Å². The molecule has 9 heteroatoms. The number of halogens is 4. The van der Waals surface area contributed by atoms with Crippen molar-refractivity contribution in [2.75, 3.05) is 11.9 Å². The van der Waals surface area contributed by atoms with Gasteiger partial charge in [0.05, 0.1) is 17.9 Å². The van der Waals surface area contributed by atoms with Crippen LogP contribution in [0.3, 0.4) is 0 Å². The topological polar surface area (TPSA) is 60.3 Å². The summed E-state index contributed by atoms with van der Waals surface area (Å²) in [5, 5.41) is 1.89. The number of nitrogens with one attached hydrogen (secondary N) is 1. The number of carbonyl (C=O) groups excluding carboxylic acids is 1. The van der Waals surface area contributed by atoms with Gasteiger partial charge in [0.2, 0.25) is 5.91 Å². The number of hydrogen-bond acceptors (Lipinski definition) is 3. The molecule has 0 bridgehead atoms. The average Bonchev–Trinajstić information content (AvgIpc) is 2.52. The van der Waals surface area contributed by atoms with E-state index in [1.54, 1.807) is 31.2 Å². The molecule has 0 atom stereocenters. The molecule has 0 aliphatic heterocycles. The maximum Gasteiger partial charge on any atom is 0.417 e. The minimum absolute atomic E-state index is 0.348. The Morgan fingerprint density at radius 2 is 2.00 bits per heavy atom. The van der Waals surface area contributed by atoms with Gasteiger partial charge in [-0.3, -0.25) is 9.59 Å². The molecule has 134 valence electrons. The number of hydrogen-bond donors (Lipinski definition) is 1. The van der Waals surface area contributed by atoms with Crippen molar-refractivity contribution in [2.45, 2.75) is 19.6 Å². The Hall–Kier alpha value is -2.48. The van der Waals surface area contributed by atoms with Gasteiger partial charge in [-0.05, 0) is 25.1 Å². The van der Waals surface area contributed by atoms with E-state index in [0.717, 1.165) is 0 Å². The number of benzene rings is 1. The number of anilines is 1. The van der Waals surface area contributed by atoms with E-state index >= 15 is 0 Å². The summed E-state index contributed by atoms with van der Waals surface area (Å²) in [7, 11) is 0. The zero-order chi connectivity index (χ0) is 18.6. The predicted octanol–water partition coefficient (Wildman–Crippen LogP) is 3.56. The van der Waals surface area contributed by atoms with Crippen LogP contribution in [-0.2, 0) is 17.5 Å². The van der Waals surface area contributed by atoms with Crippen LogP contribution in [0.5, 0.6) is 5.75 Å². The molecule has 1 aromatic heterocycles. The Kier molecular flexibility index (Phi) is 5.73. The first-order valence-corrected chi connectivity index (χ1v) is 7.59. The van der Waals surface area contributed by atoms with Crippen molar-refractivity contribution in [3.8, 4) is 5.75 Å². The minimum Gasteiger partial charge on any atom is -0.492 e. The molecule has 0 radical (unpaired) electrons. The Morgan fingerprint density at radius 3 is 2.64 bits per heavy atom. The van der Waals surface area contributed by atoms with Gasteiger partial charge in [0, 0.05) is 6.20 Å². The first kappa shape index (κ1) is 18.9. The van der Waals surface area contributed by atoms with Gasteiger partial charge in [0.25, 0.3) is 5.56 Å². The third kappa shape index (κ3) is 4.76. The summed E-state index contributed by atoms with van der Waals surface area (Å²) < 4.78 is 44.4. The molecule has 1 amide bonds. The largest absolute Gasteiger partial charge is 0.492 e. The number of rotatable bonds is 5. The first-order valence-electron chi connectivity index (χ1n) is 7.21. The van der Waals surface area contributed by atoms with E-state index in [9.17, 15) is 22.8 Å². The van der Waals surface area contributed by atoms with Crippen LogP contribution in [0.15, 0.2) is 41.3 Å². The summed E-state index contributed by atoms with van der Waals surface area (Å²) in [6.07, 6.45) is -4.13. The van der Waals surface area contributed by atoms with Crippen molar-refractivity contribution in [1.29, 1.82) is 0 Å². The normalized spacial score (nSPS) is 11.2. The highest BCUT2D eigenvalue weighted by atomic mass is 35.5. The summed E-state index contributed by atoms with van der Waals surface area (Å²) >= 11 is 5.55. The molecule has 0 saturated heterocycles. The van der Waals surface area contributed by atoms with Crippen molar-refractivity contribution >= 4 is 23.2 Å². The average molecular weight is 375 g/mol. The van der Waals surface area contributed by atoms with Gasteiger partial charge in [-0.25, -0.2) is 0 Å². The zero-order valence-electron chi connectivity index (χ0n) is 13.1. The van der Waals surface area contributed by atoms with Crippen LogP contribution >= 0.6 is 11.6 Å². The maximum absolute atomic E-state index is 12.8. The van der Waals surface area contributed by atoms with Crippen LogP contribution in [0.1, 0.15) is 12.5 Å². The molecule has 1 heterocycles. The van der Waals surface area contributed by atoms with Gasteiger partial charge in [-0.15, -0.1) is 0 Å². The number of ether oxygens (including phenoxy) is 1. The van der Waals surface area contributed by atoms with Gasteiger partial charge >= 0.3 is 6.18 Å². The number of aromatic nitrogens is 1. The Balaban J connectivity index is 2.24. The lowest BCUT2D eigenvalue weighted by Gasteiger charge is -2.13. The van der Waals surface area contributed by atoms with Gasteiger partial charge in [-0.2, -0.15) is 13.2 Å². The highest BCUT2D eigenvalue weighted by molar-refractivity contribution is 6.30. The molecule has 0 fully saturated rings. The molecule has 0 saturated carbocycles. The lowest BCUT2D eigenvalue weighted by atomic mass is 10.2. The van der Waals surface area contributed by atoms with Crippen LogP contribution in [-0.4, -0.2) is 17.1 Å². The van der Waals surface area contributed by atoms with Crippen molar-refractivity contribution in [1.82, 2.24) is 4.57 Å². The standard InChI is InChI=1S/C16H14ClF3N2O3/c1-2-25-13-6-4-3-5-12(13)21-14(23)9-22-8-10(16(18,19)20)7-11(17)15(22)24/h3-8H,2,9H2,1H3,(H,21,23). The molecule has 0 unspecified atom stereocenters.